The molecule has 0 aliphatic heterocycles. The molecule has 0 radical (unpaired) electrons. The molecule has 0 amide bonds. The Morgan fingerprint density at radius 2 is 2.22 bits per heavy atom. The highest BCUT2D eigenvalue weighted by molar-refractivity contribution is 6.45. The average molecular weight is 120 g/mol. The van der Waals surface area contributed by atoms with Crippen molar-refractivity contribution in [3.05, 3.63) is 29.8 Å². The summed E-state index contributed by atoms with van der Waals surface area (Å²) < 4.78 is 0. The van der Waals surface area contributed by atoms with Gasteiger partial charge in [-0.25, -0.2) is 0 Å². The van der Waals surface area contributed by atoms with Crippen LogP contribution < -0.4 is 5.46 Å². The molecule has 0 spiro atoms. The van der Waals surface area contributed by atoms with Crippen LogP contribution in [0.4, 0.5) is 0 Å². The van der Waals surface area contributed by atoms with E-state index >= 15 is 0 Å². The number of hydrogen-bond donors (Lipinski definition) is 1. The molecule has 0 heterocycles. The van der Waals surface area contributed by atoms with Crippen molar-refractivity contribution in [2.24, 2.45) is 0 Å². The zero-order valence-corrected chi connectivity index (χ0v) is 5.46. The van der Waals surface area contributed by atoms with Gasteiger partial charge >= 0.3 is 7.48 Å². The summed E-state index contributed by atoms with van der Waals surface area (Å²) in [7, 11) is 0.141. The highest BCUT2D eigenvalue weighted by Gasteiger charge is 1.89. The number of benzene rings is 1. The molecule has 1 aromatic carbocycles. The molecule has 0 bridgehead atoms. The largest absolute Gasteiger partial charge is 0.449 e. The van der Waals surface area contributed by atoms with Crippen LogP contribution in [-0.2, 0) is 0 Å². The van der Waals surface area contributed by atoms with Gasteiger partial charge in [-0.1, -0.05) is 35.3 Å². The van der Waals surface area contributed by atoms with Crippen molar-refractivity contribution in [1.82, 2.24) is 0 Å². The monoisotopic (exact) mass is 120 g/mol. The third kappa shape index (κ3) is 1.58. The third-order valence-electron chi connectivity index (χ3n) is 1.27. The molecule has 0 aliphatic carbocycles. The van der Waals surface area contributed by atoms with E-state index in [1.54, 1.807) is 0 Å². The van der Waals surface area contributed by atoms with Crippen LogP contribution in [0.2, 0.25) is 0 Å². The van der Waals surface area contributed by atoms with Crippen molar-refractivity contribution >= 4 is 12.9 Å². The average Bonchev–Trinajstić information content (AvgIpc) is 1.88. The summed E-state index contributed by atoms with van der Waals surface area (Å²) in [5.74, 6) is 0. The Balaban J connectivity index is 2.94. The highest BCUT2D eigenvalue weighted by atomic mass is 16.2. The van der Waals surface area contributed by atoms with E-state index in [2.05, 4.69) is 0 Å². The molecule has 2 heteroatoms. The maximum Gasteiger partial charge on any atom is 0.304 e. The van der Waals surface area contributed by atoms with Crippen LogP contribution in [-0.4, -0.2) is 12.5 Å². The lowest BCUT2D eigenvalue weighted by molar-refractivity contribution is 0.615. The summed E-state index contributed by atoms with van der Waals surface area (Å²) in [6.45, 7) is 2.01. The Kier molecular flexibility index (Phi) is 1.90. The second-order valence-electron chi connectivity index (χ2n) is 2.15. The van der Waals surface area contributed by atoms with Gasteiger partial charge in [0.15, 0.2) is 0 Å². The first kappa shape index (κ1) is 6.37. The maximum atomic E-state index is 8.66. The normalized spacial score (nSPS) is 9.11. The molecule has 1 aromatic rings. The Bertz CT molecular complexity index is 198. The fourth-order valence-electron chi connectivity index (χ4n) is 0.810. The molecule has 0 saturated heterocycles. The number of rotatable bonds is 1. The smallest absolute Gasteiger partial charge is 0.304 e. The van der Waals surface area contributed by atoms with Gasteiger partial charge < -0.3 is 5.02 Å². The van der Waals surface area contributed by atoms with Gasteiger partial charge in [0.05, 0.1) is 0 Å². The second-order valence-corrected chi connectivity index (χ2v) is 2.15. The summed E-state index contributed by atoms with van der Waals surface area (Å²) >= 11 is 0. The molecule has 1 rings (SSSR count). The van der Waals surface area contributed by atoms with Gasteiger partial charge in [-0.3, -0.25) is 0 Å². The Morgan fingerprint density at radius 3 is 2.67 bits per heavy atom. The van der Waals surface area contributed by atoms with E-state index in [1.165, 1.54) is 5.56 Å². The van der Waals surface area contributed by atoms with Gasteiger partial charge in [-0.2, -0.15) is 0 Å². The van der Waals surface area contributed by atoms with Crippen molar-refractivity contribution < 1.29 is 5.02 Å². The Morgan fingerprint density at radius 1 is 1.44 bits per heavy atom. The fraction of sp³-hybridized carbons (Fsp3) is 0.143. The van der Waals surface area contributed by atoms with Crippen LogP contribution in [0.15, 0.2) is 24.3 Å². The van der Waals surface area contributed by atoms with Crippen molar-refractivity contribution in [2.75, 3.05) is 0 Å². The molecule has 0 fully saturated rings. The minimum atomic E-state index is 0.141. The SMILES string of the molecule is Cc1cccc(BO)c1. The molecular weight excluding hydrogens is 111 g/mol. The van der Waals surface area contributed by atoms with E-state index in [-0.39, 0.29) is 7.48 Å². The summed E-state index contributed by atoms with van der Waals surface area (Å²) in [5.41, 5.74) is 2.18. The van der Waals surface area contributed by atoms with Crippen LogP contribution in [0.3, 0.4) is 0 Å². The first-order valence-electron chi connectivity index (χ1n) is 2.99. The van der Waals surface area contributed by atoms with Crippen LogP contribution >= 0.6 is 0 Å². The third-order valence-corrected chi connectivity index (χ3v) is 1.27. The molecule has 9 heavy (non-hydrogen) atoms. The maximum absolute atomic E-state index is 8.66. The molecule has 46 valence electrons. The highest BCUT2D eigenvalue weighted by Crippen LogP contribution is 1.90. The molecular formula is C7H9BO. The molecule has 0 aliphatic rings. The van der Waals surface area contributed by atoms with Crippen molar-refractivity contribution in [3.8, 4) is 0 Å². The molecule has 1 nitrogen and oxygen atoms in total. The first-order valence-corrected chi connectivity index (χ1v) is 2.99. The van der Waals surface area contributed by atoms with E-state index in [1.807, 2.05) is 31.2 Å². The summed E-state index contributed by atoms with van der Waals surface area (Å²) in [6, 6.07) is 7.84. The van der Waals surface area contributed by atoms with Crippen LogP contribution in [0, 0.1) is 6.92 Å². The van der Waals surface area contributed by atoms with E-state index in [9.17, 15) is 0 Å². The predicted molar refractivity (Wildman–Crippen MR) is 40.2 cm³/mol. The minimum Gasteiger partial charge on any atom is -0.449 e. The van der Waals surface area contributed by atoms with Crippen molar-refractivity contribution in [3.63, 3.8) is 0 Å². The van der Waals surface area contributed by atoms with E-state index in [0.717, 1.165) is 5.46 Å². The van der Waals surface area contributed by atoms with Gasteiger partial charge in [-0.05, 0) is 6.92 Å². The van der Waals surface area contributed by atoms with Gasteiger partial charge in [0.25, 0.3) is 0 Å². The topological polar surface area (TPSA) is 20.2 Å². The minimum absolute atomic E-state index is 0.141. The zero-order valence-electron chi connectivity index (χ0n) is 5.46. The predicted octanol–water partition coefficient (Wildman–Crippen LogP) is -0.0359. The number of aryl methyl sites for hydroxylation is 1. The lowest BCUT2D eigenvalue weighted by Crippen LogP contribution is -2.12. The quantitative estimate of drug-likeness (QED) is 0.515. The fourth-order valence-corrected chi connectivity index (χ4v) is 0.810. The first-order chi connectivity index (χ1) is 4.33. The molecule has 0 unspecified atom stereocenters. The lowest BCUT2D eigenvalue weighted by atomic mass is 9.88. The summed E-state index contributed by atoms with van der Waals surface area (Å²) in [4.78, 5) is 0. The zero-order chi connectivity index (χ0) is 6.69. The van der Waals surface area contributed by atoms with Gasteiger partial charge in [-0.15, -0.1) is 0 Å². The van der Waals surface area contributed by atoms with E-state index in [4.69, 9.17) is 5.02 Å². The number of hydrogen-bond acceptors (Lipinski definition) is 1. The Hall–Kier alpha value is -0.755. The van der Waals surface area contributed by atoms with Crippen LogP contribution in [0.25, 0.3) is 0 Å². The van der Waals surface area contributed by atoms with Crippen molar-refractivity contribution in [1.29, 1.82) is 0 Å². The van der Waals surface area contributed by atoms with E-state index in [0.29, 0.717) is 0 Å². The van der Waals surface area contributed by atoms with Gasteiger partial charge in [0.1, 0.15) is 0 Å². The molecule has 0 saturated carbocycles. The standard InChI is InChI=1S/C7H9BO/c1-6-3-2-4-7(5-6)8-9/h2-5,8-9H,1H3. The lowest BCUT2D eigenvalue weighted by Gasteiger charge is -1.93. The molecule has 1 N–H and O–H groups in total. The second kappa shape index (κ2) is 2.69. The molecule has 0 atom stereocenters. The van der Waals surface area contributed by atoms with Gasteiger partial charge in [0, 0.05) is 0 Å². The van der Waals surface area contributed by atoms with Crippen LogP contribution in [0.5, 0.6) is 0 Å². The summed E-state index contributed by atoms with van der Waals surface area (Å²) in [5, 5.41) is 8.66. The Labute approximate surface area is 55.6 Å². The van der Waals surface area contributed by atoms with E-state index < -0.39 is 0 Å². The molecule has 0 aromatic heterocycles. The van der Waals surface area contributed by atoms with Crippen LogP contribution in [0.1, 0.15) is 5.56 Å². The summed E-state index contributed by atoms with van der Waals surface area (Å²) in [6.07, 6.45) is 0. The van der Waals surface area contributed by atoms with Crippen molar-refractivity contribution in [2.45, 2.75) is 6.92 Å². The van der Waals surface area contributed by atoms with Gasteiger partial charge in [0.2, 0.25) is 0 Å².